The van der Waals surface area contributed by atoms with Crippen LogP contribution in [0, 0.1) is 0 Å². The Morgan fingerprint density at radius 2 is 1.93 bits per heavy atom. The number of amides is 1. The normalized spacial score (nSPS) is 16.9. The molecule has 6 heteroatoms. The molecule has 1 saturated heterocycles. The minimum Gasteiger partial charge on any atom is -0.440 e. The Bertz CT molecular complexity index is 930. The molecule has 1 N–H and O–H groups in total. The number of fused-ring (bicyclic) bond motifs is 1. The molecule has 1 atom stereocenters. The summed E-state index contributed by atoms with van der Waals surface area (Å²) in [6, 6.07) is 15.3. The second-order valence-corrected chi connectivity index (χ2v) is 7.72. The van der Waals surface area contributed by atoms with Crippen molar-refractivity contribution in [2.75, 3.05) is 13.1 Å². The van der Waals surface area contributed by atoms with Crippen molar-refractivity contribution in [2.24, 2.45) is 0 Å². The number of nitrogens with zero attached hydrogens (tertiary/aromatic N) is 2. The highest BCUT2D eigenvalue weighted by Gasteiger charge is 2.29. The van der Waals surface area contributed by atoms with E-state index in [9.17, 15) is 4.79 Å². The number of para-hydroxylation sites is 2. The monoisotopic (exact) mass is 397 g/mol. The van der Waals surface area contributed by atoms with Gasteiger partial charge in [0.15, 0.2) is 11.5 Å². The molecule has 0 bridgehead atoms. The van der Waals surface area contributed by atoms with Crippen LogP contribution in [0.25, 0.3) is 11.1 Å². The summed E-state index contributed by atoms with van der Waals surface area (Å²) in [5, 5.41) is 3.68. The Hall–Kier alpha value is -2.37. The number of hydrogen-bond acceptors (Lipinski definition) is 4. The molecule has 2 aromatic carbocycles. The molecule has 28 heavy (non-hydrogen) atoms. The number of rotatable bonds is 5. The quantitative estimate of drug-likeness (QED) is 0.694. The zero-order valence-corrected chi connectivity index (χ0v) is 16.7. The number of carbonyl (C=O) groups excluding carboxylic acids is 1. The SMILES string of the molecule is CC(C(=O)NCc1ccccc1Cl)N1CCC(c2nc3ccccc3o2)CC1. The summed E-state index contributed by atoms with van der Waals surface area (Å²) >= 11 is 6.16. The predicted molar refractivity (Wildman–Crippen MR) is 110 cm³/mol. The van der Waals surface area contributed by atoms with Crippen LogP contribution in [0.1, 0.15) is 37.1 Å². The van der Waals surface area contributed by atoms with Crippen LogP contribution in [-0.2, 0) is 11.3 Å². The molecular formula is C22H24ClN3O2. The molecule has 1 fully saturated rings. The first-order valence-electron chi connectivity index (χ1n) is 9.72. The van der Waals surface area contributed by atoms with Crippen molar-refractivity contribution in [1.82, 2.24) is 15.2 Å². The smallest absolute Gasteiger partial charge is 0.237 e. The van der Waals surface area contributed by atoms with E-state index in [1.165, 1.54) is 0 Å². The van der Waals surface area contributed by atoms with Gasteiger partial charge in [-0.05, 0) is 56.6 Å². The van der Waals surface area contributed by atoms with E-state index in [1.807, 2.05) is 55.5 Å². The fourth-order valence-electron chi connectivity index (χ4n) is 3.74. The maximum absolute atomic E-state index is 12.6. The Kier molecular flexibility index (Phi) is 5.64. The average Bonchev–Trinajstić information content (AvgIpc) is 3.17. The van der Waals surface area contributed by atoms with Gasteiger partial charge in [0, 0.05) is 17.5 Å². The highest BCUT2D eigenvalue weighted by molar-refractivity contribution is 6.31. The van der Waals surface area contributed by atoms with Gasteiger partial charge in [0.05, 0.1) is 6.04 Å². The number of piperidine rings is 1. The first kappa shape index (κ1) is 19.0. The molecule has 1 aromatic heterocycles. The number of nitrogens with one attached hydrogen (secondary N) is 1. The molecule has 1 unspecified atom stereocenters. The molecule has 1 aliphatic heterocycles. The van der Waals surface area contributed by atoms with Gasteiger partial charge in [0.1, 0.15) is 5.52 Å². The van der Waals surface area contributed by atoms with Gasteiger partial charge in [-0.25, -0.2) is 4.98 Å². The number of hydrogen-bond donors (Lipinski definition) is 1. The average molecular weight is 398 g/mol. The predicted octanol–water partition coefficient (Wildman–Crippen LogP) is 4.37. The molecule has 5 nitrogen and oxygen atoms in total. The molecule has 1 amide bonds. The zero-order valence-electron chi connectivity index (χ0n) is 15.9. The molecule has 0 radical (unpaired) electrons. The van der Waals surface area contributed by atoms with Crippen molar-refractivity contribution in [3.8, 4) is 0 Å². The van der Waals surface area contributed by atoms with Crippen LogP contribution < -0.4 is 5.32 Å². The lowest BCUT2D eigenvalue weighted by Gasteiger charge is -2.34. The highest BCUT2D eigenvalue weighted by atomic mass is 35.5. The topological polar surface area (TPSA) is 58.4 Å². The van der Waals surface area contributed by atoms with E-state index in [1.54, 1.807) is 0 Å². The van der Waals surface area contributed by atoms with E-state index >= 15 is 0 Å². The van der Waals surface area contributed by atoms with Gasteiger partial charge >= 0.3 is 0 Å². The third-order valence-electron chi connectivity index (χ3n) is 5.53. The molecule has 0 aliphatic carbocycles. The number of benzene rings is 2. The van der Waals surface area contributed by atoms with Crippen molar-refractivity contribution in [3.05, 3.63) is 65.0 Å². The summed E-state index contributed by atoms with van der Waals surface area (Å²) in [7, 11) is 0. The summed E-state index contributed by atoms with van der Waals surface area (Å²) in [5.74, 6) is 1.15. The molecule has 3 aromatic rings. The van der Waals surface area contributed by atoms with Gasteiger partial charge in [-0.1, -0.05) is 41.9 Å². The number of likely N-dealkylation sites (tertiary alicyclic amines) is 1. The standard InChI is InChI=1S/C22H24ClN3O2/c1-15(21(27)24-14-17-6-2-3-7-18(17)23)26-12-10-16(11-13-26)22-25-19-8-4-5-9-20(19)28-22/h2-9,15-16H,10-14H2,1H3,(H,24,27). The molecular weight excluding hydrogens is 374 g/mol. The minimum atomic E-state index is -0.174. The summed E-state index contributed by atoms with van der Waals surface area (Å²) in [5.41, 5.74) is 2.68. The maximum atomic E-state index is 12.6. The Labute approximate surface area is 169 Å². The Balaban J connectivity index is 1.31. The molecule has 4 rings (SSSR count). The zero-order chi connectivity index (χ0) is 19.5. The summed E-state index contributed by atoms with van der Waals surface area (Å²) in [6.45, 7) is 4.11. The number of halogens is 1. The third-order valence-corrected chi connectivity index (χ3v) is 5.90. The van der Waals surface area contributed by atoms with Crippen LogP contribution in [-0.4, -0.2) is 34.9 Å². The fourth-order valence-corrected chi connectivity index (χ4v) is 3.94. The second kappa shape index (κ2) is 8.33. The van der Waals surface area contributed by atoms with Crippen LogP contribution in [0.2, 0.25) is 5.02 Å². The minimum absolute atomic E-state index is 0.0280. The van der Waals surface area contributed by atoms with Crippen LogP contribution in [0.5, 0.6) is 0 Å². The van der Waals surface area contributed by atoms with Crippen molar-refractivity contribution in [2.45, 2.75) is 38.3 Å². The van der Waals surface area contributed by atoms with E-state index < -0.39 is 0 Å². The number of aromatic nitrogens is 1. The molecule has 0 spiro atoms. The highest BCUT2D eigenvalue weighted by Crippen LogP contribution is 2.30. The van der Waals surface area contributed by atoms with Gasteiger partial charge in [0.25, 0.3) is 0 Å². The van der Waals surface area contributed by atoms with Crippen LogP contribution >= 0.6 is 11.6 Å². The van der Waals surface area contributed by atoms with Crippen molar-refractivity contribution >= 4 is 28.6 Å². The molecule has 0 saturated carbocycles. The second-order valence-electron chi connectivity index (χ2n) is 7.32. The first-order valence-corrected chi connectivity index (χ1v) is 10.1. The van der Waals surface area contributed by atoms with E-state index in [0.717, 1.165) is 48.5 Å². The van der Waals surface area contributed by atoms with Gasteiger partial charge in [0.2, 0.25) is 5.91 Å². The fraction of sp³-hybridized carbons (Fsp3) is 0.364. The van der Waals surface area contributed by atoms with Crippen molar-refractivity contribution in [1.29, 1.82) is 0 Å². The largest absolute Gasteiger partial charge is 0.440 e. The molecule has 146 valence electrons. The number of oxazole rings is 1. The summed E-state index contributed by atoms with van der Waals surface area (Å²) in [4.78, 5) is 19.4. The lowest BCUT2D eigenvalue weighted by molar-refractivity contribution is -0.126. The van der Waals surface area contributed by atoms with E-state index in [-0.39, 0.29) is 11.9 Å². The molecule has 1 aliphatic rings. The van der Waals surface area contributed by atoms with E-state index in [2.05, 4.69) is 15.2 Å². The van der Waals surface area contributed by atoms with Crippen molar-refractivity contribution in [3.63, 3.8) is 0 Å². The number of carbonyl (C=O) groups is 1. The summed E-state index contributed by atoms with van der Waals surface area (Å²) < 4.78 is 5.93. The van der Waals surface area contributed by atoms with E-state index in [4.69, 9.17) is 16.0 Å². The van der Waals surface area contributed by atoms with Gasteiger partial charge in [-0.3, -0.25) is 9.69 Å². The van der Waals surface area contributed by atoms with Crippen molar-refractivity contribution < 1.29 is 9.21 Å². The Morgan fingerprint density at radius 1 is 1.21 bits per heavy atom. The van der Waals surface area contributed by atoms with Crippen LogP contribution in [0.15, 0.2) is 52.9 Å². The molecule has 2 heterocycles. The van der Waals surface area contributed by atoms with E-state index in [0.29, 0.717) is 17.5 Å². The van der Waals surface area contributed by atoms with Gasteiger partial charge in [-0.2, -0.15) is 0 Å². The van der Waals surface area contributed by atoms with Crippen LogP contribution in [0.4, 0.5) is 0 Å². The lowest BCUT2D eigenvalue weighted by atomic mass is 9.95. The summed E-state index contributed by atoms with van der Waals surface area (Å²) in [6.07, 6.45) is 1.88. The van der Waals surface area contributed by atoms with Gasteiger partial charge in [-0.15, -0.1) is 0 Å². The van der Waals surface area contributed by atoms with Crippen LogP contribution in [0.3, 0.4) is 0 Å². The van der Waals surface area contributed by atoms with Gasteiger partial charge < -0.3 is 9.73 Å². The Morgan fingerprint density at radius 3 is 2.68 bits per heavy atom. The lowest BCUT2D eigenvalue weighted by Crippen LogP contribution is -2.47. The first-order chi connectivity index (χ1) is 13.6. The maximum Gasteiger partial charge on any atom is 0.237 e. The third kappa shape index (κ3) is 4.05.